The minimum Gasteiger partial charge on any atom is -0.225 e. The van der Waals surface area contributed by atoms with Gasteiger partial charge < -0.3 is 0 Å². The monoisotopic (exact) mass is 252 g/mol. The molecule has 1 aromatic heterocycles. The fourth-order valence-electron chi connectivity index (χ4n) is 0.337. The summed E-state index contributed by atoms with van der Waals surface area (Å²) < 4.78 is 1.02. The average Bonchev–Trinajstić information content (AvgIpc) is 2.17. The number of nitrogens with zero attached hydrogens (tertiary/aromatic N) is 2. The van der Waals surface area contributed by atoms with Gasteiger partial charge in [-0.15, -0.1) is 4.99 Å². The highest BCUT2D eigenvalue weighted by Crippen LogP contribution is 2.21. The Hall–Kier alpha value is -0.260. The van der Waals surface area contributed by atoms with Gasteiger partial charge in [-0.2, -0.15) is 0 Å². The molecule has 5 heteroatoms. The minimum absolute atomic E-state index is 0.467. The van der Waals surface area contributed by atoms with Crippen LogP contribution >= 0.6 is 33.9 Å². The smallest absolute Gasteiger partial charge is 0.225 e. The van der Waals surface area contributed by atoms with Crippen LogP contribution in [-0.4, -0.2) is 11.1 Å². The molecule has 0 aliphatic rings. The van der Waals surface area contributed by atoms with Gasteiger partial charge in [-0.25, -0.2) is 9.78 Å². The Morgan fingerprint density at radius 3 is 3.11 bits per heavy atom. The van der Waals surface area contributed by atoms with Crippen molar-refractivity contribution < 1.29 is 4.79 Å². The van der Waals surface area contributed by atoms with Crippen LogP contribution in [0.1, 0.15) is 0 Å². The van der Waals surface area contributed by atoms with Crippen LogP contribution in [-0.2, 0) is 4.79 Å². The molecular formula is C4HIN2OS. The lowest BCUT2D eigenvalue weighted by molar-refractivity contribution is 0.565. The third-order valence-electron chi connectivity index (χ3n) is 0.607. The molecule has 0 bridgehead atoms. The molecular weight excluding hydrogens is 251 g/mol. The lowest BCUT2D eigenvalue weighted by Crippen LogP contribution is -1.54. The number of thiazole rings is 1. The van der Waals surface area contributed by atoms with Crippen molar-refractivity contribution in [3.63, 3.8) is 0 Å². The van der Waals surface area contributed by atoms with E-state index in [9.17, 15) is 4.79 Å². The van der Waals surface area contributed by atoms with Crippen molar-refractivity contribution in [3.05, 3.63) is 9.08 Å². The Morgan fingerprint density at radius 1 is 1.89 bits per heavy atom. The molecule has 0 spiro atoms. The van der Waals surface area contributed by atoms with E-state index < -0.39 is 0 Å². The van der Waals surface area contributed by atoms with Gasteiger partial charge in [0.05, 0.1) is 9.08 Å². The molecule has 1 heterocycles. The van der Waals surface area contributed by atoms with Gasteiger partial charge in [0.25, 0.3) is 0 Å². The van der Waals surface area contributed by atoms with E-state index in [2.05, 4.69) is 32.6 Å². The maximum absolute atomic E-state index is 9.66. The van der Waals surface area contributed by atoms with Crippen molar-refractivity contribution in [3.8, 4) is 0 Å². The van der Waals surface area contributed by atoms with E-state index in [0.717, 1.165) is 2.88 Å². The number of aliphatic imine (C=N–C) groups is 1. The molecule has 1 aromatic rings. The largest absolute Gasteiger partial charge is 0.242 e. The van der Waals surface area contributed by atoms with Gasteiger partial charge >= 0.3 is 0 Å². The normalized spacial score (nSPS) is 8.56. The highest BCUT2D eigenvalue weighted by molar-refractivity contribution is 14.1. The molecule has 0 saturated heterocycles. The van der Waals surface area contributed by atoms with E-state index in [1.807, 2.05) is 0 Å². The Labute approximate surface area is 69.0 Å². The molecule has 1 rings (SSSR count). The number of rotatable bonds is 1. The first-order valence-corrected chi connectivity index (χ1v) is 3.91. The first kappa shape index (κ1) is 6.85. The van der Waals surface area contributed by atoms with Crippen LogP contribution in [0.5, 0.6) is 0 Å². The number of isocyanates is 1. The van der Waals surface area contributed by atoms with Crippen LogP contribution in [0.25, 0.3) is 0 Å². The molecule has 0 atom stereocenters. The molecule has 0 aliphatic carbocycles. The van der Waals surface area contributed by atoms with Crippen molar-refractivity contribution in [1.82, 2.24) is 4.98 Å². The number of halogens is 1. The predicted octanol–water partition coefficient (Wildman–Crippen LogP) is 1.72. The topological polar surface area (TPSA) is 42.3 Å². The first-order valence-electron chi connectivity index (χ1n) is 2.02. The Kier molecular flexibility index (Phi) is 2.32. The van der Waals surface area contributed by atoms with Gasteiger partial charge in [0.15, 0.2) is 0 Å². The van der Waals surface area contributed by atoms with Crippen LogP contribution in [0.4, 0.5) is 5.13 Å². The van der Waals surface area contributed by atoms with Gasteiger partial charge in [0, 0.05) is 0 Å². The molecule has 0 aliphatic heterocycles. The lowest BCUT2D eigenvalue weighted by Gasteiger charge is -1.69. The van der Waals surface area contributed by atoms with E-state index >= 15 is 0 Å². The Bertz CT molecular complexity index is 253. The fourth-order valence-corrected chi connectivity index (χ4v) is 1.53. The van der Waals surface area contributed by atoms with Crippen molar-refractivity contribution in [2.45, 2.75) is 0 Å². The second-order valence-corrected chi connectivity index (χ2v) is 4.05. The highest BCUT2D eigenvalue weighted by atomic mass is 127. The van der Waals surface area contributed by atoms with Gasteiger partial charge in [-0.1, -0.05) is 11.3 Å². The van der Waals surface area contributed by atoms with Gasteiger partial charge in [0.2, 0.25) is 11.2 Å². The maximum atomic E-state index is 9.66. The maximum Gasteiger partial charge on any atom is 0.242 e. The lowest BCUT2D eigenvalue weighted by atomic mass is 11.0. The van der Waals surface area contributed by atoms with E-state index in [0.29, 0.717) is 5.13 Å². The van der Waals surface area contributed by atoms with Gasteiger partial charge in [-0.3, -0.25) is 0 Å². The summed E-state index contributed by atoms with van der Waals surface area (Å²) in [5.74, 6) is 0. The molecule has 0 aromatic carbocycles. The third-order valence-corrected chi connectivity index (χ3v) is 2.23. The van der Waals surface area contributed by atoms with Crippen LogP contribution < -0.4 is 0 Å². The summed E-state index contributed by atoms with van der Waals surface area (Å²) in [5, 5.41) is 0.467. The zero-order chi connectivity index (χ0) is 6.69. The van der Waals surface area contributed by atoms with Gasteiger partial charge in [0.1, 0.15) is 0 Å². The highest BCUT2D eigenvalue weighted by Gasteiger charge is 1.93. The predicted molar refractivity (Wildman–Crippen MR) is 42.6 cm³/mol. The average molecular weight is 252 g/mol. The minimum atomic E-state index is 0.467. The standard InChI is InChI=1S/C4HIN2OS/c5-3-1-6-4(9-3)7-2-8/h1H. The SMILES string of the molecule is O=C=Nc1ncc(I)s1. The molecule has 0 radical (unpaired) electrons. The molecule has 0 unspecified atom stereocenters. The zero-order valence-corrected chi connectivity index (χ0v) is 7.14. The van der Waals surface area contributed by atoms with Crippen LogP contribution in [0, 0.1) is 2.88 Å². The quantitative estimate of drug-likeness (QED) is 0.433. The molecule has 0 fully saturated rings. The summed E-state index contributed by atoms with van der Waals surface area (Å²) in [5.41, 5.74) is 0. The summed E-state index contributed by atoms with van der Waals surface area (Å²) in [6, 6.07) is 0. The molecule has 9 heavy (non-hydrogen) atoms. The van der Waals surface area contributed by atoms with Crippen molar-refractivity contribution in [2.75, 3.05) is 0 Å². The van der Waals surface area contributed by atoms with Crippen molar-refractivity contribution in [2.24, 2.45) is 4.99 Å². The summed E-state index contributed by atoms with van der Waals surface area (Å²) in [7, 11) is 0. The van der Waals surface area contributed by atoms with Crippen LogP contribution in [0.2, 0.25) is 0 Å². The van der Waals surface area contributed by atoms with Crippen molar-refractivity contribution >= 4 is 45.1 Å². The summed E-state index contributed by atoms with van der Waals surface area (Å²) in [4.78, 5) is 16.8. The zero-order valence-electron chi connectivity index (χ0n) is 4.17. The Morgan fingerprint density at radius 2 is 2.67 bits per heavy atom. The van der Waals surface area contributed by atoms with Crippen LogP contribution in [0.3, 0.4) is 0 Å². The summed E-state index contributed by atoms with van der Waals surface area (Å²) in [6.45, 7) is 0. The second-order valence-electron chi connectivity index (χ2n) is 1.15. The van der Waals surface area contributed by atoms with Crippen molar-refractivity contribution in [1.29, 1.82) is 0 Å². The number of hydrogen-bond donors (Lipinski definition) is 0. The Balaban J connectivity index is 2.97. The van der Waals surface area contributed by atoms with E-state index in [1.54, 1.807) is 6.20 Å². The van der Waals surface area contributed by atoms with Gasteiger partial charge in [-0.05, 0) is 22.6 Å². The van der Waals surface area contributed by atoms with E-state index in [-0.39, 0.29) is 0 Å². The number of hydrogen-bond acceptors (Lipinski definition) is 4. The number of aromatic nitrogens is 1. The number of carbonyl (C=O) groups excluding carboxylic acids is 1. The molecule has 3 nitrogen and oxygen atoms in total. The summed E-state index contributed by atoms with van der Waals surface area (Å²) in [6.07, 6.45) is 3.07. The molecule has 0 N–H and O–H groups in total. The fraction of sp³-hybridized carbons (Fsp3) is 0. The second kappa shape index (κ2) is 3.05. The third kappa shape index (κ3) is 1.85. The van der Waals surface area contributed by atoms with E-state index in [4.69, 9.17) is 0 Å². The first-order chi connectivity index (χ1) is 4.33. The van der Waals surface area contributed by atoms with Crippen LogP contribution in [0.15, 0.2) is 11.2 Å². The van der Waals surface area contributed by atoms with E-state index in [1.165, 1.54) is 17.4 Å². The molecule has 0 amide bonds. The summed E-state index contributed by atoms with van der Waals surface area (Å²) >= 11 is 3.47. The molecule has 0 saturated carbocycles. The molecule has 46 valence electrons.